The highest BCUT2D eigenvalue weighted by Gasteiger charge is 2.15. The van der Waals surface area contributed by atoms with Crippen molar-refractivity contribution in [1.29, 1.82) is 0 Å². The second kappa shape index (κ2) is 6.05. The van der Waals surface area contributed by atoms with Crippen LogP contribution in [0.5, 0.6) is 0 Å². The molecule has 0 atom stereocenters. The van der Waals surface area contributed by atoms with Gasteiger partial charge in [-0.05, 0) is 18.2 Å². The van der Waals surface area contributed by atoms with E-state index in [2.05, 4.69) is 15.3 Å². The molecule has 0 bridgehead atoms. The quantitative estimate of drug-likeness (QED) is 0.892. The van der Waals surface area contributed by atoms with Gasteiger partial charge in [-0.25, -0.2) is 8.78 Å². The molecule has 104 valence electrons. The number of nitrogens with one attached hydrogen (secondary N) is 1. The molecule has 0 spiro atoms. The summed E-state index contributed by atoms with van der Waals surface area (Å²) in [6.07, 6.45) is 1.94. The fraction of sp³-hybridized carbons (Fsp3) is 0.154. The third kappa shape index (κ3) is 3.05. The summed E-state index contributed by atoms with van der Waals surface area (Å²) in [5.74, 6) is -0.657. The number of hydrogen-bond acceptors (Lipinski definition) is 4. The molecule has 2 aromatic heterocycles. The van der Waals surface area contributed by atoms with Crippen LogP contribution in [0.2, 0.25) is 0 Å². The molecule has 0 aliphatic heterocycles. The molecule has 0 radical (unpaired) electrons. The van der Waals surface area contributed by atoms with Crippen molar-refractivity contribution in [2.75, 3.05) is 12.3 Å². The second-order valence-electron chi connectivity index (χ2n) is 3.96. The molecule has 2 rings (SSSR count). The SMILES string of the molecule is Nc1c(C(=O)NCC(F)F)ccnc1-c1cccnc1. The van der Waals surface area contributed by atoms with Crippen LogP contribution in [0.4, 0.5) is 14.5 Å². The Hall–Kier alpha value is -2.57. The molecule has 0 aliphatic carbocycles. The lowest BCUT2D eigenvalue weighted by atomic mass is 10.1. The van der Waals surface area contributed by atoms with Crippen LogP contribution in [0.1, 0.15) is 10.4 Å². The molecule has 0 fully saturated rings. The Bertz CT molecular complexity index is 605. The fourth-order valence-electron chi connectivity index (χ4n) is 1.67. The summed E-state index contributed by atoms with van der Waals surface area (Å²) in [4.78, 5) is 19.8. The molecule has 5 nitrogen and oxygen atoms in total. The Labute approximate surface area is 113 Å². The zero-order valence-electron chi connectivity index (χ0n) is 10.4. The first-order chi connectivity index (χ1) is 9.59. The van der Waals surface area contributed by atoms with Crippen LogP contribution in [0, 0.1) is 0 Å². The second-order valence-corrected chi connectivity index (χ2v) is 3.96. The number of hydrogen-bond donors (Lipinski definition) is 2. The number of carbonyl (C=O) groups is 1. The zero-order valence-corrected chi connectivity index (χ0v) is 10.4. The average molecular weight is 278 g/mol. The van der Waals surface area contributed by atoms with Crippen LogP contribution in [0.3, 0.4) is 0 Å². The lowest BCUT2D eigenvalue weighted by Crippen LogP contribution is -2.29. The third-order valence-electron chi connectivity index (χ3n) is 2.59. The van der Waals surface area contributed by atoms with Gasteiger partial charge in [-0.2, -0.15) is 0 Å². The van der Waals surface area contributed by atoms with Crippen molar-refractivity contribution in [3.8, 4) is 11.3 Å². The summed E-state index contributed by atoms with van der Waals surface area (Å²) < 4.78 is 24.2. The first kappa shape index (κ1) is 13.9. The maximum absolute atomic E-state index is 12.1. The van der Waals surface area contributed by atoms with Gasteiger partial charge in [-0.1, -0.05) is 0 Å². The summed E-state index contributed by atoms with van der Waals surface area (Å²) in [7, 11) is 0. The van der Waals surface area contributed by atoms with Gasteiger partial charge >= 0.3 is 0 Å². The standard InChI is InChI=1S/C13H12F2N4O/c14-10(15)7-19-13(20)9-3-5-18-12(11(9)16)8-2-1-4-17-6-8/h1-6,10H,7,16H2,(H,19,20). The van der Waals surface area contributed by atoms with Crippen molar-refractivity contribution in [2.45, 2.75) is 6.43 Å². The molecule has 20 heavy (non-hydrogen) atoms. The number of nitrogens with two attached hydrogens (primary N) is 1. The van der Waals surface area contributed by atoms with Crippen LogP contribution in [-0.4, -0.2) is 28.8 Å². The fourth-order valence-corrected chi connectivity index (χ4v) is 1.67. The highest BCUT2D eigenvalue weighted by Crippen LogP contribution is 2.25. The molecule has 0 aliphatic rings. The first-order valence-corrected chi connectivity index (χ1v) is 5.81. The van der Waals surface area contributed by atoms with Gasteiger partial charge in [0.2, 0.25) is 0 Å². The molecule has 7 heteroatoms. The normalized spacial score (nSPS) is 10.6. The largest absolute Gasteiger partial charge is 0.396 e. The first-order valence-electron chi connectivity index (χ1n) is 5.81. The summed E-state index contributed by atoms with van der Waals surface area (Å²) in [5, 5.41) is 2.11. The predicted octanol–water partition coefficient (Wildman–Crippen LogP) is 1.72. The minimum absolute atomic E-state index is 0.111. The summed E-state index contributed by atoms with van der Waals surface area (Å²) in [6, 6.07) is 4.84. The lowest BCUT2D eigenvalue weighted by Gasteiger charge is -2.10. The number of alkyl halides is 2. The van der Waals surface area contributed by atoms with E-state index < -0.39 is 18.9 Å². The number of carbonyl (C=O) groups excluding carboxylic acids is 1. The predicted molar refractivity (Wildman–Crippen MR) is 70.2 cm³/mol. The van der Waals surface area contributed by atoms with Crippen molar-refractivity contribution in [2.24, 2.45) is 0 Å². The van der Waals surface area contributed by atoms with Crippen LogP contribution in [-0.2, 0) is 0 Å². The maximum Gasteiger partial charge on any atom is 0.255 e. The van der Waals surface area contributed by atoms with Gasteiger partial charge in [0.25, 0.3) is 12.3 Å². The Morgan fingerprint density at radius 2 is 2.15 bits per heavy atom. The molecule has 0 unspecified atom stereocenters. The van der Waals surface area contributed by atoms with Crippen LogP contribution in [0.25, 0.3) is 11.3 Å². The van der Waals surface area contributed by atoms with E-state index in [1.165, 1.54) is 12.3 Å². The number of nitrogens with zero attached hydrogens (tertiary/aromatic N) is 2. The number of halogens is 2. The smallest absolute Gasteiger partial charge is 0.255 e. The minimum atomic E-state index is -2.61. The highest BCUT2D eigenvalue weighted by molar-refractivity contribution is 6.01. The van der Waals surface area contributed by atoms with Crippen molar-refractivity contribution in [3.05, 3.63) is 42.4 Å². The molecule has 0 saturated heterocycles. The van der Waals surface area contributed by atoms with Gasteiger partial charge in [0, 0.05) is 24.2 Å². The number of pyridine rings is 2. The summed E-state index contributed by atoms with van der Waals surface area (Å²) >= 11 is 0. The van der Waals surface area contributed by atoms with Crippen molar-refractivity contribution in [3.63, 3.8) is 0 Å². The Morgan fingerprint density at radius 3 is 2.80 bits per heavy atom. The van der Waals surface area contributed by atoms with E-state index in [1.807, 2.05) is 0 Å². The van der Waals surface area contributed by atoms with E-state index in [0.29, 0.717) is 11.3 Å². The van der Waals surface area contributed by atoms with Crippen LogP contribution >= 0.6 is 0 Å². The van der Waals surface area contributed by atoms with E-state index in [4.69, 9.17) is 5.73 Å². The zero-order chi connectivity index (χ0) is 14.5. The van der Waals surface area contributed by atoms with Gasteiger partial charge in [0.15, 0.2) is 0 Å². The molecular weight excluding hydrogens is 266 g/mol. The number of rotatable bonds is 4. The third-order valence-corrected chi connectivity index (χ3v) is 2.59. The molecular formula is C13H12F2N4O. The molecule has 1 amide bonds. The van der Waals surface area contributed by atoms with Gasteiger partial charge in [-0.15, -0.1) is 0 Å². The van der Waals surface area contributed by atoms with E-state index in [1.54, 1.807) is 24.5 Å². The van der Waals surface area contributed by atoms with Crippen LogP contribution < -0.4 is 11.1 Å². The number of nitrogen functional groups attached to an aromatic ring is 1. The van der Waals surface area contributed by atoms with E-state index in [9.17, 15) is 13.6 Å². The Kier molecular flexibility index (Phi) is 4.19. The minimum Gasteiger partial charge on any atom is -0.396 e. The van der Waals surface area contributed by atoms with Crippen molar-refractivity contribution in [1.82, 2.24) is 15.3 Å². The topological polar surface area (TPSA) is 80.9 Å². The lowest BCUT2D eigenvalue weighted by molar-refractivity contribution is 0.0892. The Morgan fingerprint density at radius 1 is 1.35 bits per heavy atom. The summed E-state index contributed by atoms with van der Waals surface area (Å²) in [5.41, 5.74) is 7.16. The number of amides is 1. The molecule has 2 heterocycles. The maximum atomic E-state index is 12.1. The van der Waals surface area contributed by atoms with Gasteiger partial charge in [0.1, 0.15) is 0 Å². The average Bonchev–Trinajstić information content (AvgIpc) is 2.46. The van der Waals surface area contributed by atoms with E-state index >= 15 is 0 Å². The highest BCUT2D eigenvalue weighted by atomic mass is 19.3. The van der Waals surface area contributed by atoms with Gasteiger partial charge < -0.3 is 11.1 Å². The number of aromatic nitrogens is 2. The van der Waals surface area contributed by atoms with Crippen LogP contribution in [0.15, 0.2) is 36.8 Å². The van der Waals surface area contributed by atoms with E-state index in [-0.39, 0.29) is 11.3 Å². The summed E-state index contributed by atoms with van der Waals surface area (Å²) in [6.45, 7) is -0.719. The molecule has 0 aromatic carbocycles. The van der Waals surface area contributed by atoms with Gasteiger partial charge in [0.05, 0.1) is 23.5 Å². The molecule has 2 aromatic rings. The molecule has 0 saturated carbocycles. The van der Waals surface area contributed by atoms with E-state index in [0.717, 1.165) is 0 Å². The van der Waals surface area contributed by atoms with Crippen molar-refractivity contribution < 1.29 is 13.6 Å². The van der Waals surface area contributed by atoms with Gasteiger partial charge in [-0.3, -0.25) is 14.8 Å². The number of anilines is 1. The molecule has 3 N–H and O–H groups in total. The van der Waals surface area contributed by atoms with Crippen molar-refractivity contribution >= 4 is 11.6 Å². The Balaban J connectivity index is 2.31. The monoisotopic (exact) mass is 278 g/mol.